The number of ether oxygens (including phenoxy) is 1. The number of likely N-dealkylation sites (N-methyl/N-ethyl adjacent to an activating group) is 1. The Balaban J connectivity index is 1.42. The summed E-state index contributed by atoms with van der Waals surface area (Å²) in [5, 5.41) is 9.97. The maximum atomic E-state index is 13.7. The van der Waals surface area contributed by atoms with E-state index in [0.717, 1.165) is 36.2 Å². The van der Waals surface area contributed by atoms with Gasteiger partial charge in [0.15, 0.2) is 5.83 Å². The first kappa shape index (κ1) is 28.0. The number of pyridine rings is 1. The Morgan fingerprint density at radius 1 is 1.30 bits per heavy atom. The number of amides is 1. The summed E-state index contributed by atoms with van der Waals surface area (Å²) in [5.41, 5.74) is 8.64. The van der Waals surface area contributed by atoms with Gasteiger partial charge in [-0.3, -0.25) is 9.69 Å². The van der Waals surface area contributed by atoms with Gasteiger partial charge in [-0.25, -0.2) is 9.37 Å². The fraction of sp³-hybridized carbons (Fsp3) is 0.519. The molecule has 5 heterocycles. The lowest BCUT2D eigenvalue weighted by Gasteiger charge is -2.41. The zero-order chi connectivity index (χ0) is 28.4. The van der Waals surface area contributed by atoms with Crippen molar-refractivity contribution in [3.05, 3.63) is 46.5 Å². The average Bonchev–Trinajstić information content (AvgIpc) is 3.54. The number of likely N-dealkylation sites (tertiary alicyclic amines) is 1. The zero-order valence-electron chi connectivity index (χ0n) is 22.5. The molecule has 2 fully saturated rings. The number of piperazine rings is 1. The van der Waals surface area contributed by atoms with Gasteiger partial charge in [-0.05, 0) is 32.5 Å². The first-order chi connectivity index (χ1) is 19.2. The Bertz CT molecular complexity index is 1320. The molecule has 0 saturated carbocycles. The number of halogens is 2. The van der Waals surface area contributed by atoms with Crippen LogP contribution < -0.4 is 15.4 Å². The van der Waals surface area contributed by atoms with Gasteiger partial charge in [0.05, 0.1) is 29.2 Å². The lowest BCUT2D eigenvalue weighted by molar-refractivity contribution is -0.131. The molecule has 1 amide bonds. The van der Waals surface area contributed by atoms with Crippen molar-refractivity contribution < 1.29 is 13.9 Å². The number of fused-ring (bicyclic) bond motifs is 1. The lowest BCUT2D eigenvalue weighted by atomic mass is 10.1. The third kappa shape index (κ3) is 5.82. The van der Waals surface area contributed by atoms with Crippen molar-refractivity contribution in [2.75, 3.05) is 50.5 Å². The highest BCUT2D eigenvalue weighted by Gasteiger charge is 2.36. The first-order valence-electron chi connectivity index (χ1n) is 13.4. The fourth-order valence-corrected chi connectivity index (χ4v) is 5.91. The van der Waals surface area contributed by atoms with E-state index in [1.807, 2.05) is 4.90 Å². The molecule has 2 saturated heterocycles. The Kier molecular flexibility index (Phi) is 8.35. The minimum Gasteiger partial charge on any atom is -0.462 e. The summed E-state index contributed by atoms with van der Waals surface area (Å²) >= 11 is 6.42. The molecular weight excluding hydrogens is 537 g/mol. The van der Waals surface area contributed by atoms with Gasteiger partial charge in [0, 0.05) is 62.6 Å². The predicted octanol–water partition coefficient (Wildman–Crippen LogP) is 2.51. The number of rotatable bonds is 8. The molecule has 3 aliphatic heterocycles. The molecule has 0 bridgehead atoms. The van der Waals surface area contributed by atoms with Gasteiger partial charge in [0.2, 0.25) is 0 Å². The quantitative estimate of drug-likeness (QED) is 0.474. The summed E-state index contributed by atoms with van der Waals surface area (Å²) in [7, 11) is 2.09. The van der Waals surface area contributed by atoms with Gasteiger partial charge in [0.25, 0.3) is 5.91 Å². The molecular formula is C27H33ClFN9O2. The van der Waals surface area contributed by atoms with Crippen molar-refractivity contribution in [1.82, 2.24) is 29.7 Å². The van der Waals surface area contributed by atoms with E-state index >= 15 is 0 Å². The number of nitrogen functional groups attached to an aromatic ring is 1. The highest BCUT2D eigenvalue weighted by Crippen LogP contribution is 2.35. The number of hydrogen-bond acceptors (Lipinski definition) is 10. The second-order valence-corrected chi connectivity index (χ2v) is 10.9. The maximum Gasteiger partial charge on any atom is 0.318 e. The van der Waals surface area contributed by atoms with E-state index in [1.54, 1.807) is 12.3 Å². The first-order valence-corrected chi connectivity index (χ1v) is 13.7. The van der Waals surface area contributed by atoms with E-state index < -0.39 is 17.8 Å². The van der Waals surface area contributed by atoms with Gasteiger partial charge < -0.3 is 25.2 Å². The Labute approximate surface area is 238 Å². The molecule has 0 aromatic carbocycles. The van der Waals surface area contributed by atoms with Crippen LogP contribution in [0.3, 0.4) is 0 Å². The van der Waals surface area contributed by atoms with Crippen LogP contribution in [0, 0.1) is 11.3 Å². The number of nitrogens with two attached hydrogens (primary N) is 1. The standard InChI is InChI=1S/C27H33ClFN9O2/c1-17(29)26(39)38-11-10-37(12-18(38)5-7-30)25-21-14-36(13-20-22(28)6-8-32-24(20)31)15-23(21)33-27(34-25)40-16-19-4-3-9-35(19)2/h6,8,18-19H,1,3-5,9-16H2,2H3,(H2,31,32)/t18-,19-/m0/s1. The van der Waals surface area contributed by atoms with E-state index in [0.29, 0.717) is 68.0 Å². The van der Waals surface area contributed by atoms with Crippen LogP contribution >= 0.6 is 11.6 Å². The van der Waals surface area contributed by atoms with Crippen molar-refractivity contribution in [2.45, 2.75) is 51.0 Å². The van der Waals surface area contributed by atoms with Gasteiger partial charge in [-0.2, -0.15) is 15.2 Å². The summed E-state index contributed by atoms with van der Waals surface area (Å²) in [5.74, 6) is -0.735. The average molecular weight is 570 g/mol. The molecule has 0 unspecified atom stereocenters. The molecule has 212 valence electrons. The van der Waals surface area contributed by atoms with E-state index in [4.69, 9.17) is 32.0 Å². The van der Waals surface area contributed by atoms with Crippen molar-refractivity contribution in [1.29, 1.82) is 5.26 Å². The van der Waals surface area contributed by atoms with E-state index in [9.17, 15) is 14.4 Å². The number of carbonyl (C=O) groups is 1. The SMILES string of the molecule is C=C(F)C(=O)N1CCN(c2nc(OC[C@@H]3CCCN3C)nc3c2CN(Cc2c(Cl)ccnc2N)C3)C[C@@H]1CC#N. The van der Waals surface area contributed by atoms with E-state index in [1.165, 1.54) is 4.90 Å². The van der Waals surface area contributed by atoms with Crippen molar-refractivity contribution >= 4 is 29.1 Å². The molecule has 2 atom stereocenters. The second-order valence-electron chi connectivity index (χ2n) is 10.5. The minimum absolute atomic E-state index is 0.0606. The molecule has 13 heteroatoms. The van der Waals surface area contributed by atoms with Crippen LogP contribution in [0.15, 0.2) is 24.7 Å². The van der Waals surface area contributed by atoms with Gasteiger partial charge in [-0.15, -0.1) is 0 Å². The summed E-state index contributed by atoms with van der Waals surface area (Å²) in [6, 6.07) is 3.93. The topological polar surface area (TPSA) is 128 Å². The summed E-state index contributed by atoms with van der Waals surface area (Å²) in [6.07, 6.45) is 3.83. The summed E-state index contributed by atoms with van der Waals surface area (Å²) in [4.78, 5) is 34.1. The summed E-state index contributed by atoms with van der Waals surface area (Å²) in [6.45, 7) is 7.21. The van der Waals surface area contributed by atoms with Crippen LogP contribution in [-0.4, -0.2) is 87.5 Å². The molecule has 3 aliphatic rings. The Morgan fingerprint density at radius 3 is 2.83 bits per heavy atom. The van der Waals surface area contributed by atoms with Crippen LogP contribution in [0.5, 0.6) is 6.01 Å². The molecule has 11 nitrogen and oxygen atoms in total. The predicted molar refractivity (Wildman–Crippen MR) is 148 cm³/mol. The number of carbonyl (C=O) groups excluding carboxylic acids is 1. The van der Waals surface area contributed by atoms with E-state index in [2.05, 4.69) is 34.5 Å². The third-order valence-electron chi connectivity index (χ3n) is 7.90. The van der Waals surface area contributed by atoms with Crippen LogP contribution in [0.4, 0.5) is 16.0 Å². The monoisotopic (exact) mass is 569 g/mol. The largest absolute Gasteiger partial charge is 0.462 e. The van der Waals surface area contributed by atoms with Gasteiger partial charge in [0.1, 0.15) is 18.2 Å². The van der Waals surface area contributed by atoms with Gasteiger partial charge >= 0.3 is 6.01 Å². The van der Waals surface area contributed by atoms with E-state index in [-0.39, 0.29) is 13.0 Å². The van der Waals surface area contributed by atoms with Crippen LogP contribution in [0.1, 0.15) is 36.1 Å². The van der Waals surface area contributed by atoms with Crippen molar-refractivity contribution in [3.63, 3.8) is 0 Å². The Hall–Kier alpha value is -3.53. The normalized spacial score (nSPS) is 21.4. The lowest BCUT2D eigenvalue weighted by Crippen LogP contribution is -2.55. The highest BCUT2D eigenvalue weighted by molar-refractivity contribution is 6.31. The minimum atomic E-state index is -1.03. The molecule has 2 aromatic heterocycles. The van der Waals surface area contributed by atoms with Crippen LogP contribution in [-0.2, 0) is 24.4 Å². The smallest absolute Gasteiger partial charge is 0.318 e. The molecule has 40 heavy (non-hydrogen) atoms. The van der Waals surface area contributed by atoms with Gasteiger partial charge in [-0.1, -0.05) is 18.2 Å². The third-order valence-corrected chi connectivity index (χ3v) is 8.25. The molecule has 0 aliphatic carbocycles. The van der Waals surface area contributed by atoms with Crippen molar-refractivity contribution in [2.24, 2.45) is 0 Å². The second kappa shape index (κ2) is 11.9. The highest BCUT2D eigenvalue weighted by atomic mass is 35.5. The zero-order valence-corrected chi connectivity index (χ0v) is 23.3. The molecule has 0 spiro atoms. The molecule has 5 rings (SSSR count). The molecule has 0 radical (unpaired) electrons. The molecule has 2 aromatic rings. The number of nitrogens with zero attached hydrogens (tertiary/aromatic N) is 8. The Morgan fingerprint density at radius 2 is 2.12 bits per heavy atom. The number of anilines is 2. The number of nitriles is 1. The van der Waals surface area contributed by atoms with Crippen molar-refractivity contribution in [3.8, 4) is 12.1 Å². The van der Waals surface area contributed by atoms with Crippen LogP contribution in [0.25, 0.3) is 0 Å². The van der Waals surface area contributed by atoms with Crippen LogP contribution in [0.2, 0.25) is 5.02 Å². The number of aromatic nitrogens is 3. The summed E-state index contributed by atoms with van der Waals surface area (Å²) < 4.78 is 19.8. The number of hydrogen-bond donors (Lipinski definition) is 1. The maximum absolute atomic E-state index is 13.7. The fourth-order valence-electron chi connectivity index (χ4n) is 5.69. The molecule has 2 N–H and O–H groups in total.